The van der Waals surface area contributed by atoms with E-state index in [4.69, 9.17) is 11.5 Å². The average Bonchev–Trinajstić information content (AvgIpc) is 2.33. The number of benzene rings is 1. The summed E-state index contributed by atoms with van der Waals surface area (Å²) >= 11 is 0. The van der Waals surface area contributed by atoms with E-state index in [2.05, 4.69) is 5.32 Å². The molecule has 0 spiro atoms. The third kappa shape index (κ3) is 4.45. The van der Waals surface area contributed by atoms with Gasteiger partial charge in [-0.1, -0.05) is 12.1 Å². The quantitative estimate of drug-likeness (QED) is 0.512. The van der Waals surface area contributed by atoms with E-state index in [0.717, 1.165) is 5.56 Å². The van der Waals surface area contributed by atoms with Crippen molar-refractivity contribution < 1.29 is 9.59 Å². The second kappa shape index (κ2) is 6.64. The Bertz CT molecular complexity index is 432. The highest BCUT2D eigenvalue weighted by atomic mass is 16.2. The molecule has 1 aromatic rings. The zero-order chi connectivity index (χ0) is 13.5. The smallest absolute Gasteiger partial charge is 0.227 e. The van der Waals surface area contributed by atoms with Gasteiger partial charge in [0, 0.05) is 18.7 Å². The van der Waals surface area contributed by atoms with Crippen molar-refractivity contribution >= 4 is 17.5 Å². The molecule has 0 saturated carbocycles. The zero-order valence-electron chi connectivity index (χ0n) is 10.5. The Morgan fingerprint density at radius 1 is 1.39 bits per heavy atom. The van der Waals surface area contributed by atoms with Crippen LogP contribution in [0.25, 0.3) is 0 Å². The van der Waals surface area contributed by atoms with Crippen molar-refractivity contribution in [3.05, 3.63) is 29.8 Å². The summed E-state index contributed by atoms with van der Waals surface area (Å²) in [6.45, 7) is 2.27. The van der Waals surface area contributed by atoms with Gasteiger partial charge in [0.25, 0.3) is 0 Å². The van der Waals surface area contributed by atoms with Crippen LogP contribution in [0.4, 0.5) is 5.69 Å². The van der Waals surface area contributed by atoms with Crippen LogP contribution in [0.15, 0.2) is 24.3 Å². The fourth-order valence-corrected chi connectivity index (χ4v) is 1.61. The SMILES string of the molecule is CC(C(=O)NCCCC(N)=O)c1cccc(N)c1. The van der Waals surface area contributed by atoms with Crippen LogP contribution in [0.1, 0.15) is 31.2 Å². The van der Waals surface area contributed by atoms with Crippen LogP contribution >= 0.6 is 0 Å². The van der Waals surface area contributed by atoms with Gasteiger partial charge in [-0.05, 0) is 31.0 Å². The van der Waals surface area contributed by atoms with Gasteiger partial charge < -0.3 is 16.8 Å². The summed E-state index contributed by atoms with van der Waals surface area (Å²) in [5.74, 6) is -0.694. The summed E-state index contributed by atoms with van der Waals surface area (Å²) in [7, 11) is 0. The standard InChI is InChI=1S/C13H19N3O2/c1-9(10-4-2-5-11(14)8-10)13(18)16-7-3-6-12(15)17/h2,4-5,8-9H,3,6-7,14H2,1H3,(H2,15,17)(H,16,18). The molecule has 1 aromatic carbocycles. The third-order valence-corrected chi connectivity index (χ3v) is 2.70. The maximum atomic E-state index is 11.8. The Labute approximate surface area is 107 Å². The third-order valence-electron chi connectivity index (χ3n) is 2.70. The van der Waals surface area contributed by atoms with E-state index in [-0.39, 0.29) is 24.2 Å². The number of nitrogens with two attached hydrogens (primary N) is 2. The molecule has 0 saturated heterocycles. The Kier molecular flexibility index (Phi) is 5.17. The molecule has 98 valence electrons. The van der Waals surface area contributed by atoms with Gasteiger partial charge in [0.2, 0.25) is 11.8 Å². The van der Waals surface area contributed by atoms with Crippen LogP contribution in [0.3, 0.4) is 0 Å². The number of anilines is 1. The minimum absolute atomic E-state index is 0.0786. The lowest BCUT2D eigenvalue weighted by Gasteiger charge is -2.12. The Morgan fingerprint density at radius 3 is 2.72 bits per heavy atom. The van der Waals surface area contributed by atoms with Crippen molar-refractivity contribution in [1.82, 2.24) is 5.32 Å². The van der Waals surface area contributed by atoms with E-state index < -0.39 is 0 Å². The molecular weight excluding hydrogens is 230 g/mol. The van der Waals surface area contributed by atoms with E-state index >= 15 is 0 Å². The summed E-state index contributed by atoms with van der Waals surface area (Å²) in [6, 6.07) is 7.25. The van der Waals surface area contributed by atoms with E-state index in [1.807, 2.05) is 19.1 Å². The predicted molar refractivity (Wildman–Crippen MR) is 70.7 cm³/mol. The molecule has 0 aliphatic heterocycles. The molecule has 1 atom stereocenters. The first-order valence-corrected chi connectivity index (χ1v) is 5.92. The molecule has 0 aromatic heterocycles. The minimum Gasteiger partial charge on any atom is -0.399 e. The number of nitrogens with one attached hydrogen (secondary N) is 1. The summed E-state index contributed by atoms with van der Waals surface area (Å²) in [5.41, 5.74) is 12.2. The highest BCUT2D eigenvalue weighted by Gasteiger charge is 2.14. The molecule has 0 aliphatic carbocycles. The number of primary amides is 1. The molecule has 0 bridgehead atoms. The van der Waals surface area contributed by atoms with Crippen molar-refractivity contribution in [3.63, 3.8) is 0 Å². The van der Waals surface area contributed by atoms with Gasteiger partial charge >= 0.3 is 0 Å². The van der Waals surface area contributed by atoms with Crippen LogP contribution in [0.5, 0.6) is 0 Å². The van der Waals surface area contributed by atoms with E-state index in [0.29, 0.717) is 18.7 Å². The normalized spacial score (nSPS) is 11.8. The molecule has 0 radical (unpaired) electrons. The summed E-state index contributed by atoms with van der Waals surface area (Å²) in [5, 5.41) is 2.77. The number of nitrogen functional groups attached to an aromatic ring is 1. The first-order chi connectivity index (χ1) is 8.50. The molecule has 5 nitrogen and oxygen atoms in total. The monoisotopic (exact) mass is 249 g/mol. The highest BCUT2D eigenvalue weighted by Crippen LogP contribution is 2.17. The fourth-order valence-electron chi connectivity index (χ4n) is 1.61. The van der Waals surface area contributed by atoms with E-state index in [1.165, 1.54) is 0 Å². The average molecular weight is 249 g/mol. The van der Waals surface area contributed by atoms with Crippen molar-refractivity contribution in [2.45, 2.75) is 25.7 Å². The number of carbonyl (C=O) groups excluding carboxylic acids is 2. The topological polar surface area (TPSA) is 98.2 Å². The molecular formula is C13H19N3O2. The predicted octanol–water partition coefficient (Wildman–Crippen LogP) is 0.754. The van der Waals surface area contributed by atoms with Crippen LogP contribution in [0.2, 0.25) is 0 Å². The molecule has 1 rings (SSSR count). The number of carbonyl (C=O) groups is 2. The molecule has 5 heteroatoms. The second-order valence-corrected chi connectivity index (χ2v) is 4.25. The first-order valence-electron chi connectivity index (χ1n) is 5.92. The maximum absolute atomic E-state index is 11.8. The fraction of sp³-hybridized carbons (Fsp3) is 0.385. The van der Waals surface area contributed by atoms with Gasteiger partial charge in [-0.15, -0.1) is 0 Å². The van der Waals surface area contributed by atoms with Gasteiger partial charge in [0.05, 0.1) is 5.92 Å². The first kappa shape index (κ1) is 14.0. The number of hydrogen-bond acceptors (Lipinski definition) is 3. The van der Waals surface area contributed by atoms with Crippen LogP contribution in [-0.4, -0.2) is 18.4 Å². The van der Waals surface area contributed by atoms with Crippen molar-refractivity contribution in [1.29, 1.82) is 0 Å². The zero-order valence-corrected chi connectivity index (χ0v) is 10.5. The Balaban J connectivity index is 2.44. The number of hydrogen-bond donors (Lipinski definition) is 3. The molecule has 1 unspecified atom stereocenters. The van der Waals surface area contributed by atoms with Crippen LogP contribution in [0, 0.1) is 0 Å². The second-order valence-electron chi connectivity index (χ2n) is 4.25. The molecule has 18 heavy (non-hydrogen) atoms. The number of amides is 2. The van der Waals surface area contributed by atoms with Crippen molar-refractivity contribution in [2.24, 2.45) is 5.73 Å². The Hall–Kier alpha value is -2.04. The summed E-state index contributed by atoms with van der Waals surface area (Å²) < 4.78 is 0. The molecule has 0 heterocycles. The van der Waals surface area contributed by atoms with E-state index in [1.54, 1.807) is 12.1 Å². The molecule has 2 amide bonds. The number of rotatable bonds is 6. The van der Waals surface area contributed by atoms with Gasteiger partial charge in [0.1, 0.15) is 0 Å². The van der Waals surface area contributed by atoms with Gasteiger partial charge in [-0.25, -0.2) is 0 Å². The van der Waals surface area contributed by atoms with Crippen molar-refractivity contribution in [2.75, 3.05) is 12.3 Å². The Morgan fingerprint density at radius 2 is 2.11 bits per heavy atom. The summed E-state index contributed by atoms with van der Waals surface area (Å²) in [6.07, 6.45) is 0.845. The van der Waals surface area contributed by atoms with Gasteiger partial charge in [-0.3, -0.25) is 9.59 Å². The minimum atomic E-state index is -0.354. The van der Waals surface area contributed by atoms with E-state index in [9.17, 15) is 9.59 Å². The van der Waals surface area contributed by atoms with Gasteiger partial charge in [0.15, 0.2) is 0 Å². The van der Waals surface area contributed by atoms with Gasteiger partial charge in [-0.2, -0.15) is 0 Å². The lowest BCUT2D eigenvalue weighted by Crippen LogP contribution is -2.29. The lowest BCUT2D eigenvalue weighted by molar-refractivity contribution is -0.122. The lowest BCUT2D eigenvalue weighted by atomic mass is 10.00. The van der Waals surface area contributed by atoms with Crippen LogP contribution < -0.4 is 16.8 Å². The molecule has 0 aliphatic rings. The van der Waals surface area contributed by atoms with Crippen LogP contribution in [-0.2, 0) is 9.59 Å². The maximum Gasteiger partial charge on any atom is 0.227 e. The molecule has 5 N–H and O–H groups in total. The largest absolute Gasteiger partial charge is 0.399 e. The highest BCUT2D eigenvalue weighted by molar-refractivity contribution is 5.83. The van der Waals surface area contributed by atoms with Crippen molar-refractivity contribution in [3.8, 4) is 0 Å². The molecule has 0 fully saturated rings. The summed E-state index contributed by atoms with van der Waals surface area (Å²) in [4.78, 5) is 22.4.